The molecule has 0 saturated carbocycles. The predicted molar refractivity (Wildman–Crippen MR) is 74.4 cm³/mol. The van der Waals surface area contributed by atoms with Crippen molar-refractivity contribution in [2.45, 2.75) is 19.9 Å². The van der Waals surface area contributed by atoms with E-state index in [1.165, 1.54) is 6.92 Å². The fraction of sp³-hybridized carbons (Fsp3) is 0.333. The van der Waals surface area contributed by atoms with Gasteiger partial charge in [0.15, 0.2) is 0 Å². The number of carbonyl (C=O) groups excluding carboxylic acids is 2. The maximum Gasteiger partial charge on any atom is 0.321 e. The Kier molecular flexibility index (Phi) is 5.87. The van der Waals surface area contributed by atoms with E-state index < -0.39 is 35.3 Å². The number of hydrogen-bond acceptors (Lipinski definition) is 3. The van der Waals surface area contributed by atoms with E-state index >= 15 is 0 Å². The lowest BCUT2D eigenvalue weighted by Gasteiger charge is -2.16. The van der Waals surface area contributed by atoms with Gasteiger partial charge in [0.1, 0.15) is 23.4 Å². The van der Waals surface area contributed by atoms with Crippen LogP contribution in [0.25, 0.3) is 0 Å². The van der Waals surface area contributed by atoms with Crippen molar-refractivity contribution in [2.75, 3.05) is 11.9 Å². The van der Waals surface area contributed by atoms with Gasteiger partial charge < -0.3 is 10.6 Å². The lowest BCUT2D eigenvalue weighted by Crippen LogP contribution is -2.45. The van der Waals surface area contributed by atoms with Crippen LogP contribution in [0.2, 0.25) is 0 Å². The number of imide groups is 1. The zero-order valence-electron chi connectivity index (χ0n) is 10.9. The third-order valence-corrected chi connectivity index (χ3v) is 2.79. The van der Waals surface area contributed by atoms with E-state index in [1.807, 2.05) is 5.32 Å². The number of benzene rings is 1. The van der Waals surface area contributed by atoms with Crippen LogP contribution < -0.4 is 16.0 Å². The fourth-order valence-electron chi connectivity index (χ4n) is 1.39. The molecule has 0 aliphatic carbocycles. The maximum atomic E-state index is 13.6. The Labute approximate surface area is 123 Å². The zero-order chi connectivity index (χ0) is 15.3. The molecule has 0 bridgehead atoms. The molecule has 1 unspecified atom stereocenters. The van der Waals surface area contributed by atoms with Crippen LogP contribution in [0.3, 0.4) is 0 Å². The monoisotopic (exact) mass is 349 g/mol. The van der Waals surface area contributed by atoms with Gasteiger partial charge in [-0.3, -0.25) is 10.1 Å². The Morgan fingerprint density at radius 1 is 1.30 bits per heavy atom. The van der Waals surface area contributed by atoms with Crippen LogP contribution in [-0.4, -0.2) is 24.5 Å². The van der Waals surface area contributed by atoms with E-state index in [0.29, 0.717) is 6.54 Å². The average molecular weight is 350 g/mol. The normalized spacial score (nSPS) is 11.7. The molecule has 0 aliphatic rings. The average Bonchev–Trinajstić information content (AvgIpc) is 2.33. The van der Waals surface area contributed by atoms with Crippen molar-refractivity contribution >= 4 is 33.6 Å². The summed E-state index contributed by atoms with van der Waals surface area (Å²) in [5.74, 6) is -2.37. The summed E-state index contributed by atoms with van der Waals surface area (Å²) in [4.78, 5) is 22.8. The van der Waals surface area contributed by atoms with Crippen LogP contribution in [0.1, 0.15) is 13.8 Å². The van der Waals surface area contributed by atoms with Gasteiger partial charge in [-0.05, 0) is 26.0 Å². The summed E-state index contributed by atoms with van der Waals surface area (Å²) < 4.78 is 27.4. The second kappa shape index (κ2) is 7.18. The Hall–Kier alpha value is -1.70. The number of hydrogen-bond donors (Lipinski definition) is 3. The second-order valence-corrected chi connectivity index (χ2v) is 4.87. The molecule has 110 valence electrons. The Bertz CT molecular complexity index is 502. The van der Waals surface area contributed by atoms with Gasteiger partial charge in [-0.15, -0.1) is 0 Å². The number of carbonyl (C=O) groups is 2. The van der Waals surface area contributed by atoms with Crippen LogP contribution in [0, 0.1) is 11.6 Å². The van der Waals surface area contributed by atoms with Gasteiger partial charge in [0.05, 0.1) is 0 Å². The molecule has 20 heavy (non-hydrogen) atoms. The first-order valence-corrected chi connectivity index (χ1v) is 6.64. The summed E-state index contributed by atoms with van der Waals surface area (Å²) in [7, 11) is 0. The summed E-state index contributed by atoms with van der Waals surface area (Å²) in [6, 6.07) is 0.491. The number of nitrogens with one attached hydrogen (secondary N) is 3. The van der Waals surface area contributed by atoms with Crippen LogP contribution in [0.4, 0.5) is 19.3 Å². The number of urea groups is 1. The molecule has 0 heterocycles. The summed E-state index contributed by atoms with van der Waals surface area (Å²) in [5, 5.41) is 6.81. The van der Waals surface area contributed by atoms with Crippen molar-refractivity contribution in [2.24, 2.45) is 0 Å². The first-order chi connectivity index (χ1) is 9.35. The lowest BCUT2D eigenvalue weighted by molar-refractivity contribution is -0.120. The van der Waals surface area contributed by atoms with Crippen molar-refractivity contribution in [3.8, 4) is 0 Å². The number of amides is 3. The highest BCUT2D eigenvalue weighted by Crippen LogP contribution is 2.24. The van der Waals surface area contributed by atoms with Crippen molar-refractivity contribution in [1.82, 2.24) is 10.6 Å². The third kappa shape index (κ3) is 4.44. The largest absolute Gasteiger partial charge is 0.369 e. The highest BCUT2D eigenvalue weighted by atomic mass is 79.9. The van der Waals surface area contributed by atoms with E-state index in [-0.39, 0.29) is 4.47 Å². The van der Waals surface area contributed by atoms with E-state index in [0.717, 1.165) is 12.1 Å². The highest BCUT2D eigenvalue weighted by molar-refractivity contribution is 9.10. The summed E-state index contributed by atoms with van der Waals surface area (Å²) >= 11 is 2.95. The van der Waals surface area contributed by atoms with E-state index in [2.05, 4.69) is 26.6 Å². The predicted octanol–water partition coefficient (Wildman–Crippen LogP) is 2.37. The molecular weight excluding hydrogens is 336 g/mol. The molecule has 0 aromatic heterocycles. The lowest BCUT2D eigenvalue weighted by atomic mass is 10.2. The molecule has 0 aliphatic heterocycles. The number of anilines is 1. The highest BCUT2D eigenvalue weighted by Gasteiger charge is 2.19. The third-order valence-electron chi connectivity index (χ3n) is 2.34. The molecule has 0 fully saturated rings. The number of halogens is 3. The fourth-order valence-corrected chi connectivity index (χ4v) is 1.79. The van der Waals surface area contributed by atoms with Crippen molar-refractivity contribution in [3.63, 3.8) is 0 Å². The molecule has 3 amide bonds. The van der Waals surface area contributed by atoms with Crippen LogP contribution in [-0.2, 0) is 4.79 Å². The van der Waals surface area contributed by atoms with Crippen LogP contribution >= 0.6 is 15.9 Å². The number of rotatable bonds is 4. The molecule has 0 spiro atoms. The Balaban J connectivity index is 2.73. The van der Waals surface area contributed by atoms with Gasteiger partial charge in [0.2, 0.25) is 5.91 Å². The molecule has 5 nitrogen and oxygen atoms in total. The first kappa shape index (κ1) is 16.4. The minimum absolute atomic E-state index is 0.248. The van der Waals surface area contributed by atoms with Crippen molar-refractivity contribution in [3.05, 3.63) is 28.2 Å². The minimum Gasteiger partial charge on any atom is -0.369 e. The Morgan fingerprint density at radius 2 is 1.85 bits per heavy atom. The van der Waals surface area contributed by atoms with Gasteiger partial charge in [-0.1, -0.05) is 15.9 Å². The smallest absolute Gasteiger partial charge is 0.321 e. The summed E-state index contributed by atoms with van der Waals surface area (Å²) in [6.45, 7) is 3.44. The maximum absolute atomic E-state index is 13.6. The molecule has 8 heteroatoms. The first-order valence-electron chi connectivity index (χ1n) is 5.85. The molecule has 1 aromatic rings. The molecular formula is C12H14BrF2N3O2. The van der Waals surface area contributed by atoms with Gasteiger partial charge in [-0.25, -0.2) is 13.6 Å². The molecule has 0 saturated heterocycles. The van der Waals surface area contributed by atoms with E-state index in [1.54, 1.807) is 6.92 Å². The van der Waals surface area contributed by atoms with E-state index in [4.69, 9.17) is 0 Å². The molecule has 3 N–H and O–H groups in total. The van der Waals surface area contributed by atoms with Crippen molar-refractivity contribution in [1.29, 1.82) is 0 Å². The minimum atomic E-state index is -0.984. The van der Waals surface area contributed by atoms with Crippen molar-refractivity contribution < 1.29 is 18.4 Å². The molecule has 0 radical (unpaired) electrons. The van der Waals surface area contributed by atoms with Gasteiger partial charge in [-0.2, -0.15) is 0 Å². The van der Waals surface area contributed by atoms with Gasteiger partial charge >= 0.3 is 6.03 Å². The standard InChI is InChI=1S/C12H14BrF2N3O2/c1-3-16-12(20)18-11(19)6(2)17-10-8(14)4-7(13)5-9(10)15/h4-6,17H,3H2,1-2H3,(H2,16,18,19,20). The zero-order valence-corrected chi connectivity index (χ0v) is 12.5. The molecule has 1 aromatic carbocycles. The van der Waals surface area contributed by atoms with Crippen LogP contribution in [0.5, 0.6) is 0 Å². The summed E-state index contributed by atoms with van der Waals surface area (Å²) in [5.41, 5.74) is -0.424. The quantitative estimate of drug-likeness (QED) is 0.781. The van der Waals surface area contributed by atoms with Gasteiger partial charge in [0, 0.05) is 11.0 Å². The van der Waals surface area contributed by atoms with Crippen LogP contribution in [0.15, 0.2) is 16.6 Å². The SMILES string of the molecule is CCNC(=O)NC(=O)C(C)Nc1c(F)cc(Br)cc1F. The van der Waals surface area contributed by atoms with Gasteiger partial charge in [0.25, 0.3) is 0 Å². The second-order valence-electron chi connectivity index (χ2n) is 3.96. The molecule has 1 atom stereocenters. The summed E-state index contributed by atoms with van der Waals surface area (Å²) in [6.07, 6.45) is 0. The van der Waals surface area contributed by atoms with E-state index in [9.17, 15) is 18.4 Å². The molecule has 1 rings (SSSR count). The topological polar surface area (TPSA) is 70.2 Å². The Morgan fingerprint density at radius 3 is 2.35 bits per heavy atom.